The molecule has 10 nitrogen and oxygen atoms in total. The van der Waals surface area contributed by atoms with E-state index >= 15 is 0 Å². The Morgan fingerprint density at radius 1 is 1.34 bits per heavy atom. The van der Waals surface area contributed by atoms with Gasteiger partial charge in [-0.05, 0) is 37.7 Å². The van der Waals surface area contributed by atoms with Crippen LogP contribution >= 0.6 is 0 Å². The lowest BCUT2D eigenvalue weighted by atomic mass is 9.99. The minimum atomic E-state index is -3.89. The maximum Gasteiger partial charge on any atom is 0.411 e. The molecule has 1 aromatic heterocycles. The highest BCUT2D eigenvalue weighted by Gasteiger charge is 2.35. The van der Waals surface area contributed by atoms with Gasteiger partial charge in [0.2, 0.25) is 0 Å². The van der Waals surface area contributed by atoms with Gasteiger partial charge in [0.25, 0.3) is 10.0 Å². The van der Waals surface area contributed by atoms with E-state index in [1.807, 2.05) is 39.8 Å². The van der Waals surface area contributed by atoms with Crippen molar-refractivity contribution in [1.82, 2.24) is 14.7 Å². The zero-order valence-electron chi connectivity index (χ0n) is 19.3. The van der Waals surface area contributed by atoms with Crippen LogP contribution in [0.3, 0.4) is 0 Å². The Morgan fingerprint density at radius 3 is 2.66 bits per heavy atom. The van der Waals surface area contributed by atoms with Gasteiger partial charge in [0, 0.05) is 25.5 Å². The van der Waals surface area contributed by atoms with Gasteiger partial charge in [-0.3, -0.25) is 14.3 Å². The number of nitrogens with zero attached hydrogens (tertiary/aromatic N) is 4. The van der Waals surface area contributed by atoms with Crippen molar-refractivity contribution in [2.45, 2.75) is 31.8 Å². The number of nitrogens with one attached hydrogen (secondary N) is 1. The van der Waals surface area contributed by atoms with Gasteiger partial charge >= 0.3 is 6.09 Å². The summed E-state index contributed by atoms with van der Waals surface area (Å²) in [7, 11) is 1.56. The van der Waals surface area contributed by atoms with Gasteiger partial charge in [-0.1, -0.05) is 20.8 Å². The number of ether oxygens (including phenoxy) is 2. The van der Waals surface area contributed by atoms with Gasteiger partial charge in [-0.15, -0.1) is 0 Å². The molecule has 0 spiro atoms. The number of amides is 1. The van der Waals surface area contributed by atoms with E-state index in [0.29, 0.717) is 23.7 Å². The number of rotatable bonds is 6. The number of likely N-dealkylation sites (N-methyl/N-ethyl adjacent to an activating group) is 1. The Kier molecular flexibility index (Phi) is 6.70. The van der Waals surface area contributed by atoms with Crippen molar-refractivity contribution < 1.29 is 22.7 Å². The number of sulfonamides is 1. The average molecular weight is 466 g/mol. The van der Waals surface area contributed by atoms with E-state index in [-0.39, 0.29) is 29.6 Å². The van der Waals surface area contributed by atoms with E-state index < -0.39 is 16.1 Å². The molecule has 32 heavy (non-hydrogen) atoms. The van der Waals surface area contributed by atoms with Crippen LogP contribution in [0, 0.1) is 5.41 Å². The number of benzene rings is 1. The van der Waals surface area contributed by atoms with E-state index in [1.54, 1.807) is 25.2 Å². The summed E-state index contributed by atoms with van der Waals surface area (Å²) in [6.45, 7) is 6.80. The van der Waals surface area contributed by atoms with Gasteiger partial charge in [0.05, 0.1) is 25.0 Å². The molecule has 1 amide bonds. The van der Waals surface area contributed by atoms with Crippen molar-refractivity contribution in [3.8, 4) is 5.75 Å². The van der Waals surface area contributed by atoms with Crippen molar-refractivity contribution in [1.29, 1.82) is 0 Å². The van der Waals surface area contributed by atoms with Gasteiger partial charge in [-0.25, -0.2) is 13.2 Å². The highest BCUT2D eigenvalue weighted by molar-refractivity contribution is 7.92. The molecule has 0 unspecified atom stereocenters. The first-order valence-electron chi connectivity index (χ1n) is 10.3. The van der Waals surface area contributed by atoms with Crippen molar-refractivity contribution in [2.75, 3.05) is 43.4 Å². The Morgan fingerprint density at radius 2 is 2.06 bits per heavy atom. The third-order valence-corrected chi connectivity index (χ3v) is 6.34. The number of hydrogen-bond acceptors (Lipinski definition) is 7. The molecule has 1 aromatic carbocycles. The third kappa shape index (κ3) is 5.71. The number of anilines is 2. The summed E-state index contributed by atoms with van der Waals surface area (Å²) < 4.78 is 40.9. The average Bonchev–Trinajstić information content (AvgIpc) is 3.12. The summed E-state index contributed by atoms with van der Waals surface area (Å²) in [5.41, 5.74) is 0.582. The lowest BCUT2D eigenvalue weighted by Crippen LogP contribution is -2.47. The summed E-state index contributed by atoms with van der Waals surface area (Å²) in [6.07, 6.45) is 1.80. The van der Waals surface area contributed by atoms with Gasteiger partial charge in [0.1, 0.15) is 16.7 Å². The van der Waals surface area contributed by atoms with E-state index in [0.717, 1.165) is 0 Å². The molecular formula is C21H31N5O5S. The second kappa shape index (κ2) is 8.99. The lowest BCUT2D eigenvalue weighted by Gasteiger charge is -2.36. The second-order valence-corrected chi connectivity index (χ2v) is 11.2. The highest BCUT2D eigenvalue weighted by Crippen LogP contribution is 2.39. The molecule has 0 saturated heterocycles. The zero-order valence-corrected chi connectivity index (χ0v) is 20.1. The van der Waals surface area contributed by atoms with E-state index in [2.05, 4.69) is 10.4 Å². The fourth-order valence-electron chi connectivity index (χ4n) is 3.21. The summed E-state index contributed by atoms with van der Waals surface area (Å²) in [6, 6.07) is 4.89. The topological polar surface area (TPSA) is 106 Å². The summed E-state index contributed by atoms with van der Waals surface area (Å²) in [4.78, 5) is 14.2. The first-order valence-corrected chi connectivity index (χ1v) is 11.7. The molecule has 1 atom stereocenters. The number of aryl methyl sites for hydroxylation is 1. The van der Waals surface area contributed by atoms with Crippen molar-refractivity contribution in [2.24, 2.45) is 12.5 Å². The highest BCUT2D eigenvalue weighted by atomic mass is 32.2. The van der Waals surface area contributed by atoms with Crippen LogP contribution in [0.2, 0.25) is 0 Å². The summed E-state index contributed by atoms with van der Waals surface area (Å²) in [5.74, 6) is 0.421. The van der Waals surface area contributed by atoms with Crippen LogP contribution in [0.1, 0.15) is 20.8 Å². The Labute approximate surface area is 189 Å². The van der Waals surface area contributed by atoms with Gasteiger partial charge < -0.3 is 14.4 Å². The Bertz CT molecular complexity index is 1070. The molecule has 2 aromatic rings. The molecule has 1 aliphatic heterocycles. The second-order valence-electron chi connectivity index (χ2n) is 9.33. The predicted octanol–water partition coefficient (Wildman–Crippen LogP) is 2.53. The molecule has 11 heteroatoms. The van der Waals surface area contributed by atoms with Crippen LogP contribution in [0.15, 0.2) is 35.5 Å². The standard InChI is InChI=1S/C21H31N5O5S/c1-21(2,3)14-30-20(27)23-15-7-8-19-18(9-15)26(12-16(31-19)11-24(4)5)32(28,29)17-10-22-25(6)13-17/h7-10,13,16H,11-12,14H2,1-6H3,(H,23,27)/t16-/m0/s1. The van der Waals surface area contributed by atoms with Crippen LogP contribution in [0.5, 0.6) is 5.75 Å². The number of carbonyl (C=O) groups excluding carboxylic acids is 1. The number of hydrogen-bond donors (Lipinski definition) is 1. The van der Waals surface area contributed by atoms with Crippen LogP contribution in [-0.4, -0.2) is 69.1 Å². The molecule has 0 radical (unpaired) electrons. The molecular weight excluding hydrogens is 434 g/mol. The van der Waals surface area contributed by atoms with Crippen molar-refractivity contribution in [3.05, 3.63) is 30.6 Å². The molecule has 1 N–H and O–H groups in total. The smallest absolute Gasteiger partial charge is 0.411 e. The van der Waals surface area contributed by atoms with Crippen molar-refractivity contribution in [3.63, 3.8) is 0 Å². The van der Waals surface area contributed by atoms with Crippen molar-refractivity contribution >= 4 is 27.5 Å². The Balaban J connectivity index is 1.92. The van der Waals surface area contributed by atoms with Crippen LogP contribution < -0.4 is 14.4 Å². The fraction of sp³-hybridized carbons (Fsp3) is 0.524. The van der Waals surface area contributed by atoms with E-state index in [4.69, 9.17) is 9.47 Å². The largest absolute Gasteiger partial charge is 0.485 e. The number of carbonyl (C=O) groups is 1. The number of fused-ring (bicyclic) bond motifs is 1. The quantitative estimate of drug-likeness (QED) is 0.699. The first kappa shape index (κ1) is 23.9. The molecule has 176 valence electrons. The fourth-order valence-corrected chi connectivity index (χ4v) is 4.70. The lowest BCUT2D eigenvalue weighted by molar-refractivity contribution is 0.118. The SMILES string of the molecule is CN(C)C[C@H]1CN(S(=O)(=O)c2cnn(C)c2)c2cc(NC(=O)OCC(C)(C)C)ccc2O1. The molecule has 1 aliphatic rings. The van der Waals surface area contributed by atoms with Gasteiger partial charge in [0.15, 0.2) is 0 Å². The molecule has 3 rings (SSSR count). The third-order valence-electron chi connectivity index (χ3n) is 4.61. The molecule has 0 fully saturated rings. The summed E-state index contributed by atoms with van der Waals surface area (Å²) >= 11 is 0. The maximum atomic E-state index is 13.4. The maximum absolute atomic E-state index is 13.4. The van der Waals surface area contributed by atoms with Crippen LogP contribution in [0.4, 0.5) is 16.2 Å². The first-order chi connectivity index (χ1) is 14.8. The number of aromatic nitrogens is 2. The molecule has 2 heterocycles. The molecule has 0 saturated carbocycles. The van der Waals surface area contributed by atoms with E-state index in [9.17, 15) is 13.2 Å². The van der Waals surface area contributed by atoms with E-state index in [1.165, 1.54) is 21.4 Å². The predicted molar refractivity (Wildman–Crippen MR) is 122 cm³/mol. The molecule has 0 bridgehead atoms. The summed E-state index contributed by atoms with van der Waals surface area (Å²) in [5, 5.41) is 6.66. The van der Waals surface area contributed by atoms with Gasteiger partial charge in [-0.2, -0.15) is 5.10 Å². The minimum Gasteiger partial charge on any atom is -0.485 e. The monoisotopic (exact) mass is 465 g/mol. The zero-order chi connectivity index (χ0) is 23.7. The minimum absolute atomic E-state index is 0.0828. The Hall–Kier alpha value is -2.79. The van der Waals surface area contributed by atoms with Crippen LogP contribution in [0.25, 0.3) is 0 Å². The van der Waals surface area contributed by atoms with Crippen LogP contribution in [-0.2, 0) is 21.8 Å². The normalized spacial score (nSPS) is 16.5. The molecule has 0 aliphatic carbocycles.